The number of tetrazole rings is 1. The van der Waals surface area contributed by atoms with Crippen LogP contribution in [0.4, 0.5) is 0 Å². The number of carboxylic acid groups (broad SMARTS) is 1. The van der Waals surface area contributed by atoms with Crippen LogP contribution in [0.25, 0.3) is 11.4 Å². The molecule has 0 fully saturated rings. The maximum atomic E-state index is 11.0. The highest BCUT2D eigenvalue weighted by Crippen LogP contribution is 2.28. The molecular weight excluding hydrogens is 379 g/mol. The van der Waals surface area contributed by atoms with Gasteiger partial charge in [0.1, 0.15) is 0 Å². The molecular formula is C11H13IN4O2S. The average Bonchev–Trinajstić information content (AvgIpc) is 2.95. The van der Waals surface area contributed by atoms with Crippen molar-refractivity contribution < 1.29 is 9.90 Å². The van der Waals surface area contributed by atoms with Crippen molar-refractivity contribution in [3.05, 3.63) is 14.3 Å². The van der Waals surface area contributed by atoms with Crippen LogP contribution >= 0.6 is 33.9 Å². The zero-order valence-electron chi connectivity index (χ0n) is 10.3. The number of hydrogen-bond acceptors (Lipinski definition) is 5. The molecule has 0 aliphatic rings. The summed E-state index contributed by atoms with van der Waals surface area (Å²) in [5.41, 5.74) is 0.936. The Morgan fingerprint density at radius 2 is 2.42 bits per heavy atom. The largest absolute Gasteiger partial charge is 0.481 e. The predicted octanol–water partition coefficient (Wildman–Crippen LogP) is 2.82. The quantitative estimate of drug-likeness (QED) is 0.765. The fourth-order valence-electron chi connectivity index (χ4n) is 1.90. The summed E-state index contributed by atoms with van der Waals surface area (Å²) in [4.78, 5) is 11.0. The van der Waals surface area contributed by atoms with Crippen molar-refractivity contribution in [2.24, 2.45) is 0 Å². The standard InChI is InChI=1S/C11H13IN4O2S/c1-2-3-8(5-10(17)18)16-11(13-14-15-16)7-4-9(12)19-6-7/h4,6,8H,2-3,5H2,1H3,(H,17,18). The van der Waals surface area contributed by atoms with Crippen LogP contribution in [0, 0.1) is 2.88 Å². The van der Waals surface area contributed by atoms with Crippen molar-refractivity contribution in [1.29, 1.82) is 0 Å². The fraction of sp³-hybridized carbons (Fsp3) is 0.455. The van der Waals surface area contributed by atoms with Gasteiger partial charge in [-0.2, -0.15) is 0 Å². The number of thiophene rings is 1. The number of carbonyl (C=O) groups is 1. The van der Waals surface area contributed by atoms with Gasteiger partial charge in [-0.1, -0.05) is 13.3 Å². The van der Waals surface area contributed by atoms with Gasteiger partial charge in [-0.3, -0.25) is 4.79 Å². The minimum Gasteiger partial charge on any atom is -0.481 e. The topological polar surface area (TPSA) is 80.9 Å². The van der Waals surface area contributed by atoms with E-state index in [4.69, 9.17) is 5.11 Å². The molecule has 1 unspecified atom stereocenters. The van der Waals surface area contributed by atoms with Gasteiger partial charge in [-0.05, 0) is 45.5 Å². The Bertz CT molecular complexity index is 569. The number of hydrogen-bond donors (Lipinski definition) is 1. The molecule has 6 nitrogen and oxygen atoms in total. The molecule has 2 aromatic heterocycles. The molecule has 0 radical (unpaired) electrons. The van der Waals surface area contributed by atoms with Gasteiger partial charge in [0.15, 0.2) is 5.82 Å². The van der Waals surface area contributed by atoms with Crippen molar-refractivity contribution >= 4 is 39.9 Å². The van der Waals surface area contributed by atoms with Gasteiger partial charge >= 0.3 is 5.97 Å². The van der Waals surface area contributed by atoms with E-state index < -0.39 is 5.97 Å². The van der Waals surface area contributed by atoms with Gasteiger partial charge in [0.2, 0.25) is 0 Å². The minimum absolute atomic E-state index is 0.0348. The van der Waals surface area contributed by atoms with Crippen LogP contribution in [-0.2, 0) is 4.79 Å². The molecule has 0 amide bonds. The number of halogens is 1. The predicted molar refractivity (Wildman–Crippen MR) is 80.0 cm³/mol. The minimum atomic E-state index is -0.834. The molecule has 8 heteroatoms. The van der Waals surface area contributed by atoms with Crippen molar-refractivity contribution in [2.45, 2.75) is 32.2 Å². The van der Waals surface area contributed by atoms with Crippen molar-refractivity contribution in [3.63, 3.8) is 0 Å². The second kappa shape index (κ2) is 6.42. The highest BCUT2D eigenvalue weighted by atomic mass is 127. The third-order valence-corrected chi connectivity index (χ3v) is 4.49. The van der Waals surface area contributed by atoms with Crippen LogP contribution < -0.4 is 0 Å². The fourth-order valence-corrected chi connectivity index (χ4v) is 3.23. The molecule has 0 bridgehead atoms. The van der Waals surface area contributed by atoms with E-state index >= 15 is 0 Å². The lowest BCUT2D eigenvalue weighted by atomic mass is 10.1. The Morgan fingerprint density at radius 3 is 3.00 bits per heavy atom. The molecule has 2 rings (SSSR count). The summed E-state index contributed by atoms with van der Waals surface area (Å²) in [6, 6.07) is 1.79. The number of rotatable bonds is 6. The van der Waals surface area contributed by atoms with Gasteiger partial charge in [-0.15, -0.1) is 16.4 Å². The van der Waals surface area contributed by atoms with E-state index in [2.05, 4.69) is 38.1 Å². The van der Waals surface area contributed by atoms with Crippen molar-refractivity contribution in [2.75, 3.05) is 0 Å². The summed E-state index contributed by atoms with van der Waals surface area (Å²) in [6.07, 6.45) is 1.66. The molecule has 0 aromatic carbocycles. The van der Waals surface area contributed by atoms with Gasteiger partial charge in [0.25, 0.3) is 0 Å². The van der Waals surface area contributed by atoms with E-state index in [0.29, 0.717) is 5.82 Å². The van der Waals surface area contributed by atoms with E-state index in [1.807, 2.05) is 18.4 Å². The van der Waals surface area contributed by atoms with E-state index in [1.54, 1.807) is 16.0 Å². The third kappa shape index (κ3) is 3.50. The molecule has 19 heavy (non-hydrogen) atoms. The lowest BCUT2D eigenvalue weighted by molar-refractivity contribution is -0.138. The van der Waals surface area contributed by atoms with Crippen LogP contribution in [-0.4, -0.2) is 31.3 Å². The third-order valence-electron chi connectivity index (χ3n) is 2.70. The summed E-state index contributed by atoms with van der Waals surface area (Å²) < 4.78 is 2.78. The van der Waals surface area contributed by atoms with E-state index in [1.165, 1.54) is 0 Å². The molecule has 1 N–H and O–H groups in total. The first-order chi connectivity index (χ1) is 9.11. The van der Waals surface area contributed by atoms with Crippen LogP contribution in [0.1, 0.15) is 32.2 Å². The van der Waals surface area contributed by atoms with Gasteiger partial charge < -0.3 is 5.11 Å². The molecule has 0 saturated heterocycles. The van der Waals surface area contributed by atoms with E-state index in [0.717, 1.165) is 21.3 Å². The summed E-state index contributed by atoms with van der Waals surface area (Å²) in [5.74, 6) is -0.196. The molecule has 1 atom stereocenters. The lowest BCUT2D eigenvalue weighted by Gasteiger charge is -2.15. The zero-order valence-corrected chi connectivity index (χ0v) is 13.3. The number of carboxylic acids is 1. The normalized spacial score (nSPS) is 12.5. The SMILES string of the molecule is CCCC(CC(=O)O)n1nnnc1-c1csc(I)c1. The maximum Gasteiger partial charge on any atom is 0.305 e. The Labute approximate surface area is 128 Å². The molecule has 2 heterocycles. The Kier molecular flexibility index (Phi) is 4.86. The molecule has 102 valence electrons. The van der Waals surface area contributed by atoms with Crippen LogP contribution in [0.5, 0.6) is 0 Å². The highest BCUT2D eigenvalue weighted by Gasteiger charge is 2.21. The van der Waals surface area contributed by atoms with Crippen molar-refractivity contribution in [3.8, 4) is 11.4 Å². The van der Waals surface area contributed by atoms with Crippen molar-refractivity contribution in [1.82, 2.24) is 20.2 Å². The molecule has 0 saturated carbocycles. The van der Waals surface area contributed by atoms with Crippen LogP contribution in [0.2, 0.25) is 0 Å². The lowest BCUT2D eigenvalue weighted by Crippen LogP contribution is -2.16. The van der Waals surface area contributed by atoms with Gasteiger partial charge in [0, 0.05) is 10.9 Å². The first kappa shape index (κ1) is 14.4. The Balaban J connectivity index is 2.33. The van der Waals surface area contributed by atoms with E-state index in [-0.39, 0.29) is 12.5 Å². The summed E-state index contributed by atoms with van der Waals surface area (Å²) in [6.45, 7) is 2.02. The van der Waals surface area contributed by atoms with Gasteiger partial charge in [-0.25, -0.2) is 4.68 Å². The Hall–Kier alpha value is -1.03. The first-order valence-electron chi connectivity index (χ1n) is 5.86. The number of aromatic nitrogens is 4. The van der Waals surface area contributed by atoms with Gasteiger partial charge in [0.05, 0.1) is 15.3 Å². The molecule has 0 aliphatic heterocycles. The zero-order chi connectivity index (χ0) is 13.8. The number of aliphatic carboxylic acids is 1. The molecule has 2 aromatic rings. The summed E-state index contributed by atoms with van der Waals surface area (Å²) in [7, 11) is 0. The summed E-state index contributed by atoms with van der Waals surface area (Å²) in [5, 5.41) is 22.7. The second-order valence-electron chi connectivity index (χ2n) is 4.13. The van der Waals surface area contributed by atoms with E-state index in [9.17, 15) is 4.79 Å². The Morgan fingerprint density at radius 1 is 1.63 bits per heavy atom. The van der Waals surface area contributed by atoms with Crippen LogP contribution in [0.15, 0.2) is 11.4 Å². The second-order valence-corrected chi connectivity index (χ2v) is 6.93. The molecule has 0 spiro atoms. The molecule has 0 aliphatic carbocycles. The monoisotopic (exact) mass is 392 g/mol. The first-order valence-corrected chi connectivity index (χ1v) is 7.81. The average molecular weight is 392 g/mol. The smallest absolute Gasteiger partial charge is 0.305 e. The number of nitrogens with zero attached hydrogens (tertiary/aromatic N) is 4. The summed E-state index contributed by atoms with van der Waals surface area (Å²) >= 11 is 3.85. The van der Waals surface area contributed by atoms with Crippen LogP contribution in [0.3, 0.4) is 0 Å². The maximum absolute atomic E-state index is 11.0. The highest BCUT2D eigenvalue weighted by molar-refractivity contribution is 14.1.